The van der Waals surface area contributed by atoms with Crippen molar-refractivity contribution in [3.8, 4) is 17.0 Å². The van der Waals surface area contributed by atoms with Gasteiger partial charge in [0.15, 0.2) is 6.73 Å². The summed E-state index contributed by atoms with van der Waals surface area (Å²) in [4.78, 5) is 20.5. The van der Waals surface area contributed by atoms with Crippen molar-refractivity contribution in [2.24, 2.45) is 7.05 Å². The van der Waals surface area contributed by atoms with Crippen molar-refractivity contribution in [1.29, 1.82) is 0 Å². The van der Waals surface area contributed by atoms with Crippen molar-refractivity contribution in [1.82, 2.24) is 14.5 Å². The SMILES string of the molecule is Cn1c(NCOc2ccc(F)cc2)nc(-c2ccncc2)cc1=O. The summed E-state index contributed by atoms with van der Waals surface area (Å²) in [7, 11) is 1.62. The molecule has 0 saturated heterocycles. The minimum absolute atomic E-state index is 0.0890. The van der Waals surface area contributed by atoms with E-state index in [0.29, 0.717) is 17.4 Å². The monoisotopic (exact) mass is 326 g/mol. The van der Waals surface area contributed by atoms with E-state index in [1.807, 2.05) is 0 Å². The molecule has 0 unspecified atom stereocenters. The van der Waals surface area contributed by atoms with Crippen LogP contribution < -0.4 is 15.6 Å². The maximum Gasteiger partial charge on any atom is 0.255 e. The van der Waals surface area contributed by atoms with Crippen molar-refractivity contribution in [2.45, 2.75) is 0 Å². The molecule has 0 spiro atoms. The highest BCUT2D eigenvalue weighted by atomic mass is 19.1. The maximum absolute atomic E-state index is 12.9. The fourth-order valence-corrected chi connectivity index (χ4v) is 2.08. The quantitative estimate of drug-likeness (QED) is 0.729. The molecule has 0 aliphatic rings. The topological polar surface area (TPSA) is 69.0 Å². The fourth-order valence-electron chi connectivity index (χ4n) is 2.08. The maximum atomic E-state index is 12.9. The van der Waals surface area contributed by atoms with Crippen molar-refractivity contribution >= 4 is 5.95 Å². The van der Waals surface area contributed by atoms with Gasteiger partial charge in [0.1, 0.15) is 11.6 Å². The number of ether oxygens (including phenoxy) is 1. The highest BCUT2D eigenvalue weighted by Crippen LogP contribution is 2.16. The lowest BCUT2D eigenvalue weighted by Crippen LogP contribution is -2.23. The number of anilines is 1. The molecule has 0 fully saturated rings. The van der Waals surface area contributed by atoms with E-state index in [1.54, 1.807) is 31.6 Å². The molecule has 6 nitrogen and oxygen atoms in total. The van der Waals surface area contributed by atoms with Gasteiger partial charge in [-0.2, -0.15) is 0 Å². The van der Waals surface area contributed by atoms with E-state index in [4.69, 9.17) is 4.74 Å². The van der Waals surface area contributed by atoms with E-state index < -0.39 is 0 Å². The standard InChI is InChI=1S/C17H15FN4O2/c1-22-16(23)10-15(12-6-8-19-9-7-12)21-17(22)20-11-24-14-4-2-13(18)3-5-14/h2-10H,11H2,1H3,(H,20,21). The van der Waals surface area contributed by atoms with E-state index >= 15 is 0 Å². The zero-order valence-electron chi connectivity index (χ0n) is 12.9. The van der Waals surface area contributed by atoms with Gasteiger partial charge < -0.3 is 10.1 Å². The zero-order valence-corrected chi connectivity index (χ0v) is 12.9. The number of hydrogen-bond donors (Lipinski definition) is 1. The second-order valence-corrected chi connectivity index (χ2v) is 5.02. The molecule has 0 atom stereocenters. The average molecular weight is 326 g/mol. The Labute approximate surface area is 137 Å². The lowest BCUT2D eigenvalue weighted by Gasteiger charge is -2.12. The third-order valence-corrected chi connectivity index (χ3v) is 3.39. The first kappa shape index (κ1) is 15.7. The minimum atomic E-state index is -0.329. The van der Waals surface area contributed by atoms with Gasteiger partial charge in [0.05, 0.1) is 5.69 Å². The third-order valence-electron chi connectivity index (χ3n) is 3.39. The molecular weight excluding hydrogens is 311 g/mol. The number of aromatic nitrogens is 3. The molecule has 3 aromatic rings. The Morgan fingerprint density at radius 3 is 2.58 bits per heavy atom. The van der Waals surface area contributed by atoms with E-state index in [0.717, 1.165) is 5.56 Å². The van der Waals surface area contributed by atoms with Crippen LogP contribution >= 0.6 is 0 Å². The van der Waals surface area contributed by atoms with Gasteiger partial charge in [0.2, 0.25) is 5.95 Å². The van der Waals surface area contributed by atoms with Gasteiger partial charge in [-0.25, -0.2) is 9.37 Å². The summed E-state index contributed by atoms with van der Waals surface area (Å²) < 4.78 is 19.7. The van der Waals surface area contributed by atoms with Gasteiger partial charge in [0.25, 0.3) is 5.56 Å². The Bertz CT molecular complexity index is 879. The van der Waals surface area contributed by atoms with Crippen LogP contribution in [0.4, 0.5) is 10.3 Å². The van der Waals surface area contributed by atoms with Crippen LogP contribution in [0.2, 0.25) is 0 Å². The molecule has 2 aromatic heterocycles. The number of hydrogen-bond acceptors (Lipinski definition) is 5. The van der Waals surface area contributed by atoms with Gasteiger partial charge in [-0.3, -0.25) is 14.3 Å². The molecule has 0 saturated carbocycles. The molecule has 0 aliphatic carbocycles. The van der Waals surface area contributed by atoms with Gasteiger partial charge in [-0.1, -0.05) is 0 Å². The van der Waals surface area contributed by atoms with E-state index in [9.17, 15) is 9.18 Å². The van der Waals surface area contributed by atoms with Crippen LogP contribution in [0.15, 0.2) is 59.7 Å². The Hall–Kier alpha value is -3.22. The van der Waals surface area contributed by atoms with Gasteiger partial charge in [-0.05, 0) is 36.4 Å². The highest BCUT2D eigenvalue weighted by molar-refractivity contribution is 5.59. The van der Waals surface area contributed by atoms with Gasteiger partial charge >= 0.3 is 0 Å². The smallest absolute Gasteiger partial charge is 0.255 e. The lowest BCUT2D eigenvalue weighted by atomic mass is 10.2. The molecule has 1 N–H and O–H groups in total. The van der Waals surface area contributed by atoms with Crippen molar-refractivity contribution in [2.75, 3.05) is 12.0 Å². The molecule has 2 heterocycles. The minimum Gasteiger partial charge on any atom is -0.473 e. The normalized spacial score (nSPS) is 10.4. The number of pyridine rings is 1. The molecule has 122 valence electrons. The van der Waals surface area contributed by atoms with Crippen molar-refractivity contribution in [3.63, 3.8) is 0 Å². The van der Waals surface area contributed by atoms with Gasteiger partial charge in [-0.15, -0.1) is 0 Å². The Morgan fingerprint density at radius 1 is 1.17 bits per heavy atom. The van der Waals surface area contributed by atoms with Crippen LogP contribution in [0.5, 0.6) is 5.75 Å². The van der Waals surface area contributed by atoms with Crippen LogP contribution in [0.1, 0.15) is 0 Å². The summed E-state index contributed by atoms with van der Waals surface area (Å²) in [6, 6.07) is 10.7. The van der Waals surface area contributed by atoms with E-state index in [2.05, 4.69) is 15.3 Å². The number of nitrogens with zero attached hydrogens (tertiary/aromatic N) is 3. The van der Waals surface area contributed by atoms with Crippen LogP contribution in [-0.2, 0) is 7.05 Å². The van der Waals surface area contributed by atoms with Gasteiger partial charge in [0, 0.05) is 31.1 Å². The third kappa shape index (κ3) is 3.57. The second-order valence-electron chi connectivity index (χ2n) is 5.02. The molecule has 7 heteroatoms. The Balaban J connectivity index is 1.76. The average Bonchev–Trinajstić information content (AvgIpc) is 2.61. The van der Waals surface area contributed by atoms with Crippen molar-refractivity contribution < 1.29 is 9.13 Å². The van der Waals surface area contributed by atoms with Crippen LogP contribution in [0.25, 0.3) is 11.3 Å². The number of nitrogens with one attached hydrogen (secondary N) is 1. The van der Waals surface area contributed by atoms with Crippen LogP contribution in [0.3, 0.4) is 0 Å². The first-order valence-corrected chi connectivity index (χ1v) is 7.24. The summed E-state index contributed by atoms with van der Waals surface area (Å²) in [6.07, 6.45) is 3.28. The predicted octanol–water partition coefficient (Wildman–Crippen LogP) is 2.43. The molecule has 3 rings (SSSR count). The number of benzene rings is 1. The molecule has 1 aromatic carbocycles. The molecule has 0 radical (unpaired) electrons. The summed E-state index contributed by atoms with van der Waals surface area (Å²) >= 11 is 0. The summed E-state index contributed by atoms with van der Waals surface area (Å²) in [5.74, 6) is 0.556. The predicted molar refractivity (Wildman–Crippen MR) is 88.2 cm³/mol. The Morgan fingerprint density at radius 2 is 1.88 bits per heavy atom. The van der Waals surface area contributed by atoms with Crippen molar-refractivity contribution in [3.05, 3.63) is 71.0 Å². The molecular formula is C17H15FN4O2. The molecule has 24 heavy (non-hydrogen) atoms. The first-order chi connectivity index (χ1) is 11.6. The molecule has 0 aliphatic heterocycles. The lowest BCUT2D eigenvalue weighted by molar-refractivity contribution is 0.344. The zero-order chi connectivity index (χ0) is 16.9. The summed E-state index contributed by atoms with van der Waals surface area (Å²) in [5, 5.41) is 2.95. The molecule has 0 amide bonds. The highest BCUT2D eigenvalue weighted by Gasteiger charge is 2.07. The number of halogens is 1. The van der Waals surface area contributed by atoms with Crippen LogP contribution in [-0.4, -0.2) is 21.3 Å². The van der Waals surface area contributed by atoms with Crippen LogP contribution in [0, 0.1) is 5.82 Å². The van der Waals surface area contributed by atoms with E-state index in [1.165, 1.54) is 34.9 Å². The first-order valence-electron chi connectivity index (χ1n) is 7.24. The fraction of sp³-hybridized carbons (Fsp3) is 0.118. The number of rotatable bonds is 5. The largest absolute Gasteiger partial charge is 0.473 e. The summed E-state index contributed by atoms with van der Waals surface area (Å²) in [5.41, 5.74) is 1.15. The Kier molecular flexibility index (Phi) is 4.51. The summed E-state index contributed by atoms with van der Waals surface area (Å²) in [6.45, 7) is 0.0890. The second kappa shape index (κ2) is 6.91. The molecule has 0 bridgehead atoms. The van der Waals surface area contributed by atoms with E-state index in [-0.39, 0.29) is 18.1 Å².